The second kappa shape index (κ2) is 8.15. The van der Waals surface area contributed by atoms with E-state index in [9.17, 15) is 13.2 Å². The molecule has 0 unspecified atom stereocenters. The molecule has 0 amide bonds. The van der Waals surface area contributed by atoms with E-state index >= 15 is 0 Å². The monoisotopic (exact) mass is 450 g/mol. The van der Waals surface area contributed by atoms with Gasteiger partial charge in [-0.25, -0.2) is 0 Å². The van der Waals surface area contributed by atoms with Crippen molar-refractivity contribution in [2.75, 3.05) is 26.2 Å². The second-order valence-electron chi connectivity index (χ2n) is 4.79. The van der Waals surface area contributed by atoms with Crippen LogP contribution in [0.25, 0.3) is 0 Å². The van der Waals surface area contributed by atoms with Crippen LogP contribution in [0.15, 0.2) is 27.1 Å². The molecule has 0 bridgehead atoms. The van der Waals surface area contributed by atoms with E-state index in [4.69, 9.17) is 0 Å². The summed E-state index contributed by atoms with van der Waals surface area (Å²) in [6.45, 7) is 2.69. The van der Waals surface area contributed by atoms with E-state index in [0.717, 1.165) is 17.6 Å². The van der Waals surface area contributed by atoms with Crippen molar-refractivity contribution in [1.29, 1.82) is 0 Å². The Morgan fingerprint density at radius 2 is 1.81 bits per heavy atom. The zero-order valence-corrected chi connectivity index (χ0v) is 15.1. The lowest BCUT2D eigenvalue weighted by atomic mass is 10.0. The maximum atomic E-state index is 12.9. The van der Waals surface area contributed by atoms with Crippen LogP contribution in [-0.2, 0) is 0 Å². The highest BCUT2D eigenvalue weighted by Crippen LogP contribution is 2.38. The summed E-state index contributed by atoms with van der Waals surface area (Å²) in [5.74, 6) is 0. The van der Waals surface area contributed by atoms with Gasteiger partial charge in [0, 0.05) is 41.2 Å². The number of rotatable bonds is 3. The lowest BCUT2D eigenvalue weighted by Gasteiger charge is -2.36. The summed E-state index contributed by atoms with van der Waals surface area (Å²) in [4.78, 5) is 1.90. The summed E-state index contributed by atoms with van der Waals surface area (Å²) in [6.07, 6.45) is -5.01. The average Bonchev–Trinajstić information content (AvgIpc) is 2.39. The number of alkyl halides is 3. The number of nitrogens with one attached hydrogen (secondary N) is 1. The minimum atomic E-state index is -4.18. The lowest BCUT2D eigenvalue weighted by Crippen LogP contribution is -2.46. The van der Waals surface area contributed by atoms with Gasteiger partial charge in [0.1, 0.15) is 0 Å². The molecule has 21 heavy (non-hydrogen) atoms. The maximum Gasteiger partial charge on any atom is 0.390 e. The van der Waals surface area contributed by atoms with Crippen molar-refractivity contribution in [3.05, 3.63) is 32.7 Å². The molecular formula is C13H16Br2ClF3N2. The summed E-state index contributed by atoms with van der Waals surface area (Å²) in [5.41, 5.74) is 0.679. The molecule has 1 aromatic rings. The van der Waals surface area contributed by atoms with Crippen molar-refractivity contribution in [2.45, 2.75) is 18.6 Å². The van der Waals surface area contributed by atoms with E-state index in [1.807, 2.05) is 11.0 Å². The summed E-state index contributed by atoms with van der Waals surface area (Å²) < 4.78 is 40.2. The van der Waals surface area contributed by atoms with Gasteiger partial charge in [-0.15, -0.1) is 12.4 Å². The van der Waals surface area contributed by atoms with Crippen molar-refractivity contribution < 1.29 is 13.2 Å². The third kappa shape index (κ3) is 5.71. The van der Waals surface area contributed by atoms with Crippen LogP contribution in [0.5, 0.6) is 0 Å². The number of nitrogens with zero attached hydrogens (tertiary/aromatic N) is 1. The van der Waals surface area contributed by atoms with E-state index in [-0.39, 0.29) is 12.4 Å². The topological polar surface area (TPSA) is 15.3 Å². The lowest BCUT2D eigenvalue weighted by molar-refractivity contribution is -0.148. The van der Waals surface area contributed by atoms with Gasteiger partial charge in [0.05, 0.1) is 6.42 Å². The summed E-state index contributed by atoms with van der Waals surface area (Å²) >= 11 is 6.71. The fourth-order valence-corrected chi connectivity index (χ4v) is 3.31. The largest absolute Gasteiger partial charge is 0.390 e. The molecule has 2 rings (SSSR count). The van der Waals surface area contributed by atoms with Gasteiger partial charge in [-0.1, -0.05) is 31.9 Å². The molecule has 120 valence electrons. The maximum absolute atomic E-state index is 12.9. The van der Waals surface area contributed by atoms with E-state index in [1.54, 1.807) is 12.1 Å². The van der Waals surface area contributed by atoms with Crippen LogP contribution < -0.4 is 5.32 Å². The first-order valence-electron chi connectivity index (χ1n) is 6.33. The Hall–Kier alpha value is 0.180. The van der Waals surface area contributed by atoms with Crippen molar-refractivity contribution in [2.24, 2.45) is 0 Å². The molecule has 1 aliphatic rings. The molecule has 0 aromatic heterocycles. The van der Waals surface area contributed by atoms with Crippen LogP contribution in [0.2, 0.25) is 0 Å². The molecular weight excluding hydrogens is 436 g/mol. The van der Waals surface area contributed by atoms with Gasteiger partial charge >= 0.3 is 6.18 Å². The highest BCUT2D eigenvalue weighted by Gasteiger charge is 2.36. The third-order valence-electron chi connectivity index (χ3n) is 3.33. The Morgan fingerprint density at radius 1 is 1.19 bits per heavy atom. The minimum Gasteiger partial charge on any atom is -0.314 e. The Morgan fingerprint density at radius 3 is 2.38 bits per heavy atom. The number of halogens is 6. The van der Waals surface area contributed by atoms with Gasteiger partial charge in [0.2, 0.25) is 0 Å². The molecule has 0 saturated carbocycles. The molecule has 1 aromatic carbocycles. The first kappa shape index (κ1) is 19.2. The zero-order valence-electron chi connectivity index (χ0n) is 11.1. The number of piperazine rings is 1. The average molecular weight is 453 g/mol. The Balaban J connectivity index is 0.00000220. The van der Waals surface area contributed by atoms with Crippen LogP contribution in [0.3, 0.4) is 0 Å². The van der Waals surface area contributed by atoms with Gasteiger partial charge in [0.15, 0.2) is 0 Å². The second-order valence-corrected chi connectivity index (χ2v) is 6.56. The first-order chi connectivity index (χ1) is 9.37. The van der Waals surface area contributed by atoms with Crippen LogP contribution in [0, 0.1) is 0 Å². The number of hydrogen-bond acceptors (Lipinski definition) is 2. The predicted molar refractivity (Wildman–Crippen MR) is 86.9 cm³/mol. The molecule has 1 fully saturated rings. The molecule has 0 radical (unpaired) electrons. The SMILES string of the molecule is Cl.FC(F)(F)C[C@@H](c1cc(Br)ccc1Br)N1CCNCC1. The van der Waals surface area contributed by atoms with Crippen LogP contribution in [-0.4, -0.2) is 37.3 Å². The van der Waals surface area contributed by atoms with E-state index in [1.165, 1.54) is 0 Å². The summed E-state index contributed by atoms with van der Waals surface area (Å²) in [6, 6.07) is 4.72. The van der Waals surface area contributed by atoms with Gasteiger partial charge < -0.3 is 5.32 Å². The smallest absolute Gasteiger partial charge is 0.314 e. The van der Waals surface area contributed by atoms with Crippen molar-refractivity contribution in [1.82, 2.24) is 10.2 Å². The fraction of sp³-hybridized carbons (Fsp3) is 0.538. The molecule has 1 N–H and O–H groups in total. The van der Waals surface area contributed by atoms with Crippen LogP contribution in [0.4, 0.5) is 13.2 Å². The third-order valence-corrected chi connectivity index (χ3v) is 4.55. The molecule has 1 heterocycles. The fourth-order valence-electron chi connectivity index (χ4n) is 2.42. The first-order valence-corrected chi connectivity index (χ1v) is 7.92. The molecule has 0 spiro atoms. The highest BCUT2D eigenvalue weighted by molar-refractivity contribution is 9.11. The van der Waals surface area contributed by atoms with Crippen LogP contribution >= 0.6 is 44.3 Å². The Kier molecular flexibility index (Phi) is 7.46. The quantitative estimate of drug-likeness (QED) is 0.725. The molecule has 2 nitrogen and oxygen atoms in total. The molecule has 1 saturated heterocycles. The molecule has 8 heteroatoms. The molecule has 0 aliphatic carbocycles. The Bertz CT molecular complexity index is 465. The van der Waals surface area contributed by atoms with Crippen molar-refractivity contribution in [3.8, 4) is 0 Å². The van der Waals surface area contributed by atoms with Gasteiger partial charge in [-0.05, 0) is 23.8 Å². The van der Waals surface area contributed by atoms with Crippen LogP contribution in [0.1, 0.15) is 18.0 Å². The predicted octanol–water partition coefficient (Wildman–Crippen LogP) is 4.53. The van der Waals surface area contributed by atoms with Gasteiger partial charge in [-0.3, -0.25) is 4.90 Å². The van der Waals surface area contributed by atoms with E-state index in [0.29, 0.717) is 23.1 Å². The number of hydrogen-bond donors (Lipinski definition) is 1. The van der Waals surface area contributed by atoms with E-state index in [2.05, 4.69) is 37.2 Å². The van der Waals surface area contributed by atoms with Crippen molar-refractivity contribution in [3.63, 3.8) is 0 Å². The molecule has 1 aliphatic heterocycles. The summed E-state index contributed by atoms with van der Waals surface area (Å²) in [5, 5.41) is 3.17. The Labute approximate surface area is 145 Å². The molecule has 1 atom stereocenters. The van der Waals surface area contributed by atoms with Gasteiger partial charge in [-0.2, -0.15) is 13.2 Å². The van der Waals surface area contributed by atoms with Crippen molar-refractivity contribution >= 4 is 44.3 Å². The highest BCUT2D eigenvalue weighted by atomic mass is 79.9. The summed E-state index contributed by atoms with van der Waals surface area (Å²) in [7, 11) is 0. The van der Waals surface area contributed by atoms with Gasteiger partial charge in [0.25, 0.3) is 0 Å². The normalized spacial score (nSPS) is 18.1. The zero-order chi connectivity index (χ0) is 14.8. The standard InChI is InChI=1S/C13H15Br2F3N2.ClH/c14-9-1-2-11(15)10(7-9)12(8-13(16,17)18)20-5-3-19-4-6-20;/h1-2,7,12,19H,3-6,8H2;1H/t12-;/m0./s1. The number of benzene rings is 1. The minimum absolute atomic E-state index is 0. The van der Waals surface area contributed by atoms with E-state index < -0.39 is 18.6 Å².